The van der Waals surface area contributed by atoms with E-state index in [-0.39, 0.29) is 39.0 Å². The molecule has 0 saturated carbocycles. The normalized spacial score (nSPS) is 7.20. The van der Waals surface area contributed by atoms with Gasteiger partial charge in [-0.25, -0.2) is 0 Å². The number of hydrogen-bond donors (Lipinski definition) is 4. The molecule has 0 unspecified atom stereocenters. The van der Waals surface area contributed by atoms with E-state index in [2.05, 4.69) is 0 Å². The Labute approximate surface area is 85.8 Å². The van der Waals surface area contributed by atoms with Gasteiger partial charge in [-0.1, -0.05) is 0 Å². The Hall–Kier alpha value is 1.09. The van der Waals surface area contributed by atoms with Crippen molar-refractivity contribution in [3.05, 3.63) is 0 Å². The summed E-state index contributed by atoms with van der Waals surface area (Å²) < 4.78 is 0. The summed E-state index contributed by atoms with van der Waals surface area (Å²) in [5.74, 6) is 0. The van der Waals surface area contributed by atoms with Gasteiger partial charge in [0.2, 0.25) is 0 Å². The van der Waals surface area contributed by atoms with Crippen molar-refractivity contribution >= 4 is 0 Å². The SMILES string of the molecule is CC(O)O.CC(O)O.[Ru].[Ru]. The number of aliphatic hydroxyl groups excluding tert-OH is 2. The Morgan fingerprint density at radius 1 is 0.700 bits per heavy atom. The van der Waals surface area contributed by atoms with E-state index in [0.29, 0.717) is 0 Å². The van der Waals surface area contributed by atoms with E-state index >= 15 is 0 Å². The number of rotatable bonds is 0. The van der Waals surface area contributed by atoms with Crippen molar-refractivity contribution in [3.8, 4) is 0 Å². The molecule has 0 aromatic carbocycles. The van der Waals surface area contributed by atoms with Crippen molar-refractivity contribution in [2.75, 3.05) is 0 Å². The molecule has 0 fully saturated rings. The van der Waals surface area contributed by atoms with Gasteiger partial charge in [0.1, 0.15) is 12.6 Å². The largest absolute Gasteiger partial charge is 0.368 e. The predicted octanol–water partition coefficient (Wildman–Crippen LogP) is -1.37. The molecule has 0 aliphatic carbocycles. The average Bonchev–Trinajstić information content (AvgIpc) is 1.25. The minimum Gasteiger partial charge on any atom is -0.368 e. The molecule has 0 bridgehead atoms. The van der Waals surface area contributed by atoms with Crippen molar-refractivity contribution in [2.45, 2.75) is 26.4 Å². The maximum atomic E-state index is 7.61. The second-order valence-corrected chi connectivity index (χ2v) is 1.26. The molecular weight excluding hydrogens is 314 g/mol. The summed E-state index contributed by atoms with van der Waals surface area (Å²) >= 11 is 0. The molecule has 0 amide bonds. The van der Waals surface area contributed by atoms with Crippen LogP contribution in [0.1, 0.15) is 13.8 Å². The zero-order chi connectivity index (χ0) is 7.15. The quantitative estimate of drug-likeness (QED) is 0.327. The third-order valence-corrected chi connectivity index (χ3v) is 0. The van der Waals surface area contributed by atoms with E-state index in [1.54, 1.807) is 0 Å². The van der Waals surface area contributed by atoms with Gasteiger partial charge in [-0.15, -0.1) is 0 Å². The molecule has 4 nitrogen and oxygen atoms in total. The Balaban J connectivity index is -0.0000000300. The topological polar surface area (TPSA) is 80.9 Å². The second-order valence-electron chi connectivity index (χ2n) is 1.26. The standard InChI is InChI=1S/2C2H6O2.2Ru/c2*1-2(3)4;;/h2*2-4H,1H3;;. The van der Waals surface area contributed by atoms with E-state index in [9.17, 15) is 0 Å². The van der Waals surface area contributed by atoms with Gasteiger partial charge in [-0.3, -0.25) is 0 Å². The molecule has 0 heterocycles. The Morgan fingerprint density at radius 2 is 0.700 bits per heavy atom. The molecule has 0 atom stereocenters. The maximum absolute atomic E-state index is 7.61. The molecule has 0 aromatic rings. The van der Waals surface area contributed by atoms with Gasteiger partial charge < -0.3 is 20.4 Å². The second kappa shape index (κ2) is 16.6. The van der Waals surface area contributed by atoms with Gasteiger partial charge in [0.05, 0.1) is 0 Å². The Bertz CT molecular complexity index is 30.7. The van der Waals surface area contributed by atoms with Crippen molar-refractivity contribution in [1.82, 2.24) is 0 Å². The monoisotopic (exact) mass is 328 g/mol. The third kappa shape index (κ3) is 503. The summed E-state index contributed by atoms with van der Waals surface area (Å²) in [7, 11) is 0. The van der Waals surface area contributed by atoms with Crippen LogP contribution in [0.3, 0.4) is 0 Å². The van der Waals surface area contributed by atoms with Crippen LogP contribution in [0.25, 0.3) is 0 Å². The first kappa shape index (κ1) is 22.5. The van der Waals surface area contributed by atoms with Crippen LogP contribution in [0.15, 0.2) is 0 Å². The first-order valence-corrected chi connectivity index (χ1v) is 2.19. The van der Waals surface area contributed by atoms with Gasteiger partial charge in [-0.2, -0.15) is 0 Å². The first-order chi connectivity index (χ1) is 3.46. The summed E-state index contributed by atoms with van der Waals surface area (Å²) in [5.41, 5.74) is 0. The molecule has 0 aromatic heterocycles. The molecule has 0 saturated heterocycles. The van der Waals surface area contributed by atoms with Crippen LogP contribution in [-0.4, -0.2) is 33.0 Å². The summed E-state index contributed by atoms with van der Waals surface area (Å²) in [6, 6.07) is 0. The van der Waals surface area contributed by atoms with Gasteiger partial charge in [-0.05, 0) is 13.8 Å². The van der Waals surface area contributed by atoms with Crippen molar-refractivity contribution in [1.29, 1.82) is 0 Å². The van der Waals surface area contributed by atoms with E-state index in [0.717, 1.165) is 0 Å². The molecular formula is C4H12O4Ru2. The van der Waals surface area contributed by atoms with Gasteiger partial charge >= 0.3 is 0 Å². The molecule has 4 N–H and O–H groups in total. The molecule has 6 heteroatoms. The van der Waals surface area contributed by atoms with Crippen LogP contribution in [0.4, 0.5) is 0 Å². The Morgan fingerprint density at radius 3 is 0.700 bits per heavy atom. The summed E-state index contributed by atoms with van der Waals surface area (Å²) in [6.07, 6.45) is -2.33. The van der Waals surface area contributed by atoms with Crippen molar-refractivity contribution < 1.29 is 59.4 Å². The van der Waals surface area contributed by atoms with Crippen molar-refractivity contribution in [3.63, 3.8) is 0 Å². The average molecular weight is 326 g/mol. The molecule has 0 radical (unpaired) electrons. The molecule has 68 valence electrons. The smallest absolute Gasteiger partial charge is 0.148 e. The van der Waals surface area contributed by atoms with Crippen molar-refractivity contribution in [2.24, 2.45) is 0 Å². The number of hydrogen-bond acceptors (Lipinski definition) is 4. The van der Waals surface area contributed by atoms with Gasteiger partial charge in [0.25, 0.3) is 0 Å². The minimum absolute atomic E-state index is 0. The predicted molar refractivity (Wildman–Crippen MR) is 27.8 cm³/mol. The van der Waals surface area contributed by atoms with E-state index in [1.807, 2.05) is 0 Å². The fourth-order valence-electron chi connectivity index (χ4n) is 0. The molecule has 0 rings (SSSR count). The molecule has 10 heavy (non-hydrogen) atoms. The van der Waals surface area contributed by atoms with Crippen LogP contribution in [0.2, 0.25) is 0 Å². The minimum atomic E-state index is -1.17. The summed E-state index contributed by atoms with van der Waals surface area (Å²) in [6.45, 7) is 2.56. The molecule has 0 aliphatic rings. The van der Waals surface area contributed by atoms with E-state index in [1.165, 1.54) is 13.8 Å². The molecule has 0 spiro atoms. The first-order valence-electron chi connectivity index (χ1n) is 2.19. The van der Waals surface area contributed by atoms with Gasteiger partial charge in [0.15, 0.2) is 0 Å². The number of aliphatic hydroxyl groups is 4. The van der Waals surface area contributed by atoms with Crippen LogP contribution in [-0.2, 0) is 39.0 Å². The van der Waals surface area contributed by atoms with Gasteiger partial charge in [0, 0.05) is 39.0 Å². The van der Waals surface area contributed by atoms with Crippen LogP contribution < -0.4 is 0 Å². The van der Waals surface area contributed by atoms with E-state index in [4.69, 9.17) is 20.4 Å². The maximum Gasteiger partial charge on any atom is 0.148 e. The zero-order valence-corrected chi connectivity index (χ0v) is 9.13. The van der Waals surface area contributed by atoms with E-state index < -0.39 is 12.6 Å². The molecule has 0 aliphatic heterocycles. The fourth-order valence-corrected chi connectivity index (χ4v) is 0. The third-order valence-electron chi connectivity index (χ3n) is 0. The summed E-state index contributed by atoms with van der Waals surface area (Å²) in [5, 5.41) is 30.4. The van der Waals surface area contributed by atoms with Crippen LogP contribution in [0, 0.1) is 0 Å². The fraction of sp³-hybridized carbons (Fsp3) is 1.00. The Kier molecular flexibility index (Phi) is 37.2. The van der Waals surface area contributed by atoms with Crippen LogP contribution in [0.5, 0.6) is 0 Å². The zero-order valence-electron chi connectivity index (χ0n) is 5.65. The van der Waals surface area contributed by atoms with Crippen LogP contribution >= 0.6 is 0 Å². The summed E-state index contributed by atoms with van der Waals surface area (Å²) in [4.78, 5) is 0.